The van der Waals surface area contributed by atoms with Gasteiger partial charge in [0.05, 0.1) is 6.54 Å². The summed E-state index contributed by atoms with van der Waals surface area (Å²) in [4.78, 5) is 26.7. The molecule has 0 aliphatic carbocycles. The van der Waals surface area contributed by atoms with E-state index in [9.17, 15) is 9.59 Å². The number of aromatic nitrogens is 2. The van der Waals surface area contributed by atoms with Gasteiger partial charge >= 0.3 is 0 Å². The van der Waals surface area contributed by atoms with E-state index < -0.39 is 0 Å². The zero-order valence-electron chi connectivity index (χ0n) is 14.8. The van der Waals surface area contributed by atoms with Crippen LogP contribution in [0.2, 0.25) is 0 Å². The van der Waals surface area contributed by atoms with Gasteiger partial charge in [-0.25, -0.2) is 0 Å². The zero-order chi connectivity index (χ0) is 18.8. The largest absolute Gasteiger partial charge is 0.490 e. The molecule has 0 N–H and O–H groups in total. The van der Waals surface area contributed by atoms with E-state index in [-0.39, 0.29) is 17.4 Å². The topological polar surface area (TPSA) is 70.4 Å². The Morgan fingerprint density at radius 3 is 2.78 bits per heavy atom. The van der Waals surface area contributed by atoms with Crippen molar-refractivity contribution in [3.8, 4) is 22.9 Å². The van der Waals surface area contributed by atoms with Crippen molar-refractivity contribution in [3.63, 3.8) is 0 Å². The number of ketones is 1. The first-order chi connectivity index (χ1) is 13.1. The van der Waals surface area contributed by atoms with Gasteiger partial charge in [0.1, 0.15) is 12.4 Å². The molecule has 1 aromatic heterocycles. The first-order valence-corrected chi connectivity index (χ1v) is 8.67. The van der Waals surface area contributed by atoms with E-state index >= 15 is 0 Å². The minimum Gasteiger partial charge on any atom is -0.490 e. The van der Waals surface area contributed by atoms with Crippen LogP contribution in [0.25, 0.3) is 11.1 Å². The molecule has 27 heavy (non-hydrogen) atoms. The highest BCUT2D eigenvalue weighted by Gasteiger charge is 2.23. The van der Waals surface area contributed by atoms with Gasteiger partial charge in [-0.15, -0.1) is 0 Å². The summed E-state index contributed by atoms with van der Waals surface area (Å²) in [5.74, 6) is 0.748. The minimum absolute atomic E-state index is 0.0366. The van der Waals surface area contributed by atoms with Crippen molar-refractivity contribution >= 4 is 5.78 Å². The summed E-state index contributed by atoms with van der Waals surface area (Å²) in [5.41, 5.74) is 2.29. The lowest BCUT2D eigenvalue weighted by Crippen LogP contribution is -2.23. The van der Waals surface area contributed by atoms with Gasteiger partial charge < -0.3 is 9.47 Å². The summed E-state index contributed by atoms with van der Waals surface area (Å²) < 4.78 is 13.3. The van der Waals surface area contributed by atoms with Crippen molar-refractivity contribution in [2.24, 2.45) is 0 Å². The Kier molecular flexibility index (Phi) is 4.46. The fourth-order valence-corrected chi connectivity index (χ4v) is 3.01. The first-order valence-electron chi connectivity index (χ1n) is 8.67. The van der Waals surface area contributed by atoms with Gasteiger partial charge in [0, 0.05) is 17.8 Å². The molecule has 0 saturated carbocycles. The third-order valence-electron chi connectivity index (χ3n) is 4.39. The van der Waals surface area contributed by atoms with Crippen LogP contribution in [0.4, 0.5) is 0 Å². The smallest absolute Gasteiger partial charge is 0.300 e. The van der Waals surface area contributed by atoms with Crippen LogP contribution in [0.15, 0.2) is 65.6 Å². The Labute approximate surface area is 156 Å². The van der Waals surface area contributed by atoms with Crippen molar-refractivity contribution in [3.05, 3.63) is 76.7 Å². The Morgan fingerprint density at radius 1 is 1.19 bits per heavy atom. The fourth-order valence-electron chi connectivity index (χ4n) is 3.01. The van der Waals surface area contributed by atoms with E-state index in [2.05, 4.69) is 4.98 Å². The highest BCUT2D eigenvalue weighted by atomic mass is 16.6. The normalized spacial score (nSPS) is 15.1. The molecule has 0 radical (unpaired) electrons. The molecular weight excluding hydrogens is 344 g/mol. The Morgan fingerprint density at radius 2 is 1.96 bits per heavy atom. The zero-order valence-corrected chi connectivity index (χ0v) is 14.8. The number of Topliss-reactive ketones (excluding diaryl/α,β-unsaturated/α-hetero) is 1. The van der Waals surface area contributed by atoms with Crippen molar-refractivity contribution in [1.82, 2.24) is 9.55 Å². The molecule has 2 heterocycles. The van der Waals surface area contributed by atoms with Crippen molar-refractivity contribution in [2.75, 3.05) is 6.61 Å². The number of nitrogens with zero attached hydrogens (tertiary/aromatic N) is 2. The summed E-state index contributed by atoms with van der Waals surface area (Å²) in [6, 6.07) is 17.0. The Bertz CT molecular complexity index is 1060. The number of carbonyl (C=O) groups is 1. The van der Waals surface area contributed by atoms with Crippen LogP contribution in [-0.2, 0) is 6.54 Å². The van der Waals surface area contributed by atoms with E-state index in [0.29, 0.717) is 30.5 Å². The number of benzene rings is 2. The summed E-state index contributed by atoms with van der Waals surface area (Å²) in [6.07, 6.45) is 1.47. The first kappa shape index (κ1) is 17.0. The molecule has 0 fully saturated rings. The molecular formula is C21H18N2O4. The number of fused-ring (bicyclic) bond motifs is 1. The van der Waals surface area contributed by atoms with Crippen molar-refractivity contribution < 1.29 is 14.3 Å². The van der Waals surface area contributed by atoms with Crippen LogP contribution in [0, 0.1) is 0 Å². The summed E-state index contributed by atoms with van der Waals surface area (Å²) in [6.45, 7) is 2.48. The molecule has 0 bridgehead atoms. The monoisotopic (exact) mass is 362 g/mol. The molecule has 1 aliphatic rings. The summed E-state index contributed by atoms with van der Waals surface area (Å²) in [5, 5.41) is 0. The maximum absolute atomic E-state index is 11.6. The number of ether oxygens (including phenoxy) is 2. The molecule has 0 saturated heterocycles. The van der Waals surface area contributed by atoms with Crippen molar-refractivity contribution in [2.45, 2.75) is 19.6 Å². The molecule has 1 aliphatic heterocycles. The van der Waals surface area contributed by atoms with Crippen LogP contribution in [0.3, 0.4) is 0 Å². The summed E-state index contributed by atoms with van der Waals surface area (Å²) in [7, 11) is 0. The molecule has 0 amide bonds. The Hall–Kier alpha value is -3.41. The highest BCUT2D eigenvalue weighted by Crippen LogP contribution is 2.25. The third-order valence-corrected chi connectivity index (χ3v) is 4.39. The van der Waals surface area contributed by atoms with Gasteiger partial charge in [0.2, 0.25) is 0 Å². The second-order valence-electron chi connectivity index (χ2n) is 6.42. The van der Waals surface area contributed by atoms with E-state index in [1.165, 1.54) is 6.07 Å². The van der Waals surface area contributed by atoms with Crippen LogP contribution in [-0.4, -0.2) is 28.0 Å². The molecule has 4 rings (SSSR count). The molecule has 0 spiro atoms. The van der Waals surface area contributed by atoms with Gasteiger partial charge in [-0.3, -0.25) is 14.2 Å². The number of rotatable bonds is 5. The van der Waals surface area contributed by atoms with Gasteiger partial charge in [0.15, 0.2) is 11.9 Å². The molecule has 3 aromatic rings. The Balaban J connectivity index is 1.45. The SMILES string of the molecule is CC(=O)c1cccc(-c2cccc(OC[C@@H]3Cn4ccc(=O)nc4O3)c2)c1. The predicted octanol–water partition coefficient (Wildman–Crippen LogP) is 2.95. The average Bonchev–Trinajstić information content (AvgIpc) is 3.08. The predicted molar refractivity (Wildman–Crippen MR) is 100 cm³/mol. The van der Waals surface area contributed by atoms with Crippen LogP contribution < -0.4 is 15.0 Å². The minimum atomic E-state index is -0.316. The molecule has 6 nitrogen and oxygen atoms in total. The van der Waals surface area contributed by atoms with Gasteiger partial charge in [-0.1, -0.05) is 30.3 Å². The third kappa shape index (κ3) is 3.74. The fraction of sp³-hybridized carbons (Fsp3) is 0.190. The maximum atomic E-state index is 11.6. The summed E-state index contributed by atoms with van der Waals surface area (Å²) >= 11 is 0. The number of carbonyl (C=O) groups excluding carboxylic acids is 1. The van der Waals surface area contributed by atoms with E-state index in [0.717, 1.165) is 11.1 Å². The second-order valence-corrected chi connectivity index (χ2v) is 6.42. The van der Waals surface area contributed by atoms with Crippen molar-refractivity contribution in [1.29, 1.82) is 0 Å². The van der Waals surface area contributed by atoms with Gasteiger partial charge in [-0.2, -0.15) is 4.98 Å². The van der Waals surface area contributed by atoms with Crippen LogP contribution in [0.1, 0.15) is 17.3 Å². The molecule has 2 aromatic carbocycles. The van der Waals surface area contributed by atoms with Crippen LogP contribution >= 0.6 is 0 Å². The quantitative estimate of drug-likeness (QED) is 0.653. The second kappa shape index (κ2) is 7.07. The number of hydrogen-bond donors (Lipinski definition) is 0. The average molecular weight is 362 g/mol. The van der Waals surface area contributed by atoms with E-state index in [1.807, 2.05) is 42.5 Å². The standard InChI is InChI=1S/C21H18N2O4/c1-14(24)15-4-2-5-16(10-15)17-6-3-7-18(11-17)26-13-19-12-23-9-8-20(25)22-21(23)27-19/h2-11,19H,12-13H2,1H3/t19-/m0/s1. The lowest BCUT2D eigenvalue weighted by molar-refractivity contribution is 0.101. The maximum Gasteiger partial charge on any atom is 0.300 e. The number of hydrogen-bond acceptors (Lipinski definition) is 5. The van der Waals surface area contributed by atoms with Gasteiger partial charge in [-0.05, 0) is 36.2 Å². The lowest BCUT2D eigenvalue weighted by atomic mass is 10.0. The highest BCUT2D eigenvalue weighted by molar-refractivity contribution is 5.95. The molecule has 1 atom stereocenters. The van der Waals surface area contributed by atoms with Crippen LogP contribution in [0.5, 0.6) is 11.8 Å². The molecule has 6 heteroatoms. The van der Waals surface area contributed by atoms with E-state index in [1.54, 1.807) is 23.8 Å². The van der Waals surface area contributed by atoms with Gasteiger partial charge in [0.25, 0.3) is 11.6 Å². The van der Waals surface area contributed by atoms with E-state index in [4.69, 9.17) is 9.47 Å². The molecule has 0 unspecified atom stereocenters. The molecule has 136 valence electrons. The lowest BCUT2D eigenvalue weighted by Gasteiger charge is -2.12.